The molecule has 122 valence electrons. The Kier molecular flexibility index (Phi) is 4.46. The highest BCUT2D eigenvalue weighted by molar-refractivity contribution is 5.54. The Morgan fingerprint density at radius 3 is 2.79 bits per heavy atom. The Labute approximate surface area is 138 Å². The summed E-state index contributed by atoms with van der Waals surface area (Å²) in [5.41, 5.74) is 1.67. The van der Waals surface area contributed by atoms with Crippen LogP contribution in [0, 0.1) is 17.0 Å². The molecule has 0 aliphatic carbocycles. The Hall–Kier alpha value is -3.29. The van der Waals surface area contributed by atoms with Crippen LogP contribution in [0.1, 0.15) is 11.4 Å². The molecular weight excluding hydrogens is 308 g/mol. The molecule has 1 aromatic carbocycles. The van der Waals surface area contributed by atoms with E-state index in [1.165, 1.54) is 12.3 Å². The molecule has 0 amide bonds. The number of aromatic nitrogens is 4. The van der Waals surface area contributed by atoms with Gasteiger partial charge in [-0.3, -0.25) is 15.2 Å². The summed E-state index contributed by atoms with van der Waals surface area (Å²) >= 11 is 0. The zero-order valence-electron chi connectivity index (χ0n) is 13.1. The van der Waals surface area contributed by atoms with Gasteiger partial charge in [0.25, 0.3) is 5.69 Å². The summed E-state index contributed by atoms with van der Waals surface area (Å²) in [6.45, 7) is 2.37. The minimum Gasteiger partial charge on any atom is -0.369 e. The number of rotatable bonds is 6. The molecule has 2 aromatic heterocycles. The van der Waals surface area contributed by atoms with Gasteiger partial charge in [-0.2, -0.15) is 5.10 Å². The van der Waals surface area contributed by atoms with Gasteiger partial charge in [0.1, 0.15) is 17.8 Å². The minimum absolute atomic E-state index is 0.0132. The average Bonchev–Trinajstić information content (AvgIpc) is 3.06. The number of anilines is 1. The lowest BCUT2D eigenvalue weighted by molar-refractivity contribution is -0.385. The predicted molar refractivity (Wildman–Crippen MR) is 89.6 cm³/mol. The highest BCUT2D eigenvalue weighted by Gasteiger charge is 2.10. The summed E-state index contributed by atoms with van der Waals surface area (Å²) in [6, 6.07) is 11.2. The first kappa shape index (κ1) is 15.6. The summed E-state index contributed by atoms with van der Waals surface area (Å²) in [5.74, 6) is 2.06. The number of pyridine rings is 1. The van der Waals surface area contributed by atoms with Gasteiger partial charge in [-0.05, 0) is 12.5 Å². The van der Waals surface area contributed by atoms with E-state index in [0.717, 1.165) is 17.0 Å². The summed E-state index contributed by atoms with van der Waals surface area (Å²) in [6.07, 6.45) is 1.88. The first-order valence-electron chi connectivity index (χ1n) is 7.45. The van der Waals surface area contributed by atoms with Crippen molar-refractivity contribution < 1.29 is 4.92 Å². The van der Waals surface area contributed by atoms with Crippen LogP contribution >= 0.6 is 0 Å². The van der Waals surface area contributed by atoms with Crippen molar-refractivity contribution >= 4 is 11.5 Å². The molecular formula is C16H16N6O2. The van der Waals surface area contributed by atoms with Crippen molar-refractivity contribution in [3.05, 3.63) is 64.1 Å². The molecule has 24 heavy (non-hydrogen) atoms. The SMILES string of the molecule is Cc1cc([N+](=O)[O-])cnc1NCCc1nc(-c2ccccc2)n[nH]1. The molecule has 3 rings (SSSR count). The number of hydrogen-bond acceptors (Lipinski definition) is 6. The molecule has 0 aliphatic heterocycles. The number of nitrogens with one attached hydrogen (secondary N) is 2. The van der Waals surface area contributed by atoms with Gasteiger partial charge in [0.05, 0.1) is 4.92 Å². The Bertz CT molecular complexity index is 847. The molecule has 0 spiro atoms. The molecule has 0 atom stereocenters. The van der Waals surface area contributed by atoms with Crippen molar-refractivity contribution in [3.63, 3.8) is 0 Å². The van der Waals surface area contributed by atoms with Crippen LogP contribution in [0.5, 0.6) is 0 Å². The second kappa shape index (κ2) is 6.86. The van der Waals surface area contributed by atoms with E-state index in [1.807, 2.05) is 30.3 Å². The van der Waals surface area contributed by atoms with E-state index in [0.29, 0.717) is 24.6 Å². The van der Waals surface area contributed by atoms with Crippen LogP contribution in [0.2, 0.25) is 0 Å². The van der Waals surface area contributed by atoms with E-state index in [-0.39, 0.29) is 5.69 Å². The molecule has 0 aliphatic rings. The third-order valence-electron chi connectivity index (χ3n) is 3.49. The molecule has 2 heterocycles. The van der Waals surface area contributed by atoms with Gasteiger partial charge in [0.15, 0.2) is 5.82 Å². The lowest BCUT2D eigenvalue weighted by Crippen LogP contribution is -2.08. The highest BCUT2D eigenvalue weighted by atomic mass is 16.6. The number of nitro groups is 1. The summed E-state index contributed by atoms with van der Waals surface area (Å²) in [7, 11) is 0. The highest BCUT2D eigenvalue weighted by Crippen LogP contribution is 2.18. The summed E-state index contributed by atoms with van der Waals surface area (Å²) in [5, 5.41) is 21.0. The van der Waals surface area contributed by atoms with Crippen LogP contribution in [0.3, 0.4) is 0 Å². The lowest BCUT2D eigenvalue weighted by atomic mass is 10.2. The summed E-state index contributed by atoms with van der Waals surface area (Å²) in [4.78, 5) is 18.8. The average molecular weight is 324 g/mol. The largest absolute Gasteiger partial charge is 0.369 e. The number of aryl methyl sites for hydroxylation is 1. The number of hydrogen-bond donors (Lipinski definition) is 2. The molecule has 0 unspecified atom stereocenters. The molecule has 0 radical (unpaired) electrons. The second-order valence-electron chi connectivity index (χ2n) is 5.26. The van der Waals surface area contributed by atoms with Crippen LogP contribution in [0.15, 0.2) is 42.6 Å². The number of aromatic amines is 1. The van der Waals surface area contributed by atoms with Gasteiger partial charge in [0.2, 0.25) is 0 Å². The third-order valence-corrected chi connectivity index (χ3v) is 3.49. The van der Waals surface area contributed by atoms with Gasteiger partial charge in [-0.1, -0.05) is 30.3 Å². The molecule has 8 nitrogen and oxygen atoms in total. The molecule has 2 N–H and O–H groups in total. The molecule has 0 saturated carbocycles. The Balaban J connectivity index is 1.59. The molecule has 0 bridgehead atoms. The topological polar surface area (TPSA) is 110 Å². The predicted octanol–water partition coefficient (Wildman–Crippen LogP) is 2.74. The zero-order valence-corrected chi connectivity index (χ0v) is 13.1. The van der Waals surface area contributed by atoms with E-state index in [4.69, 9.17) is 0 Å². The Morgan fingerprint density at radius 2 is 2.08 bits per heavy atom. The van der Waals surface area contributed by atoms with Crippen LogP contribution in [0.4, 0.5) is 11.5 Å². The maximum atomic E-state index is 10.7. The van der Waals surface area contributed by atoms with E-state index in [2.05, 4.69) is 25.5 Å². The number of H-pyrrole nitrogens is 1. The molecule has 3 aromatic rings. The maximum absolute atomic E-state index is 10.7. The van der Waals surface area contributed by atoms with Crippen LogP contribution in [-0.4, -0.2) is 31.6 Å². The fourth-order valence-corrected chi connectivity index (χ4v) is 2.27. The van der Waals surface area contributed by atoms with E-state index in [9.17, 15) is 10.1 Å². The standard InChI is InChI=1S/C16H16N6O2/c1-11-9-13(22(23)24)10-18-15(11)17-8-7-14-19-16(21-20-14)12-5-3-2-4-6-12/h2-6,9-10H,7-8H2,1H3,(H,17,18)(H,19,20,21). The second-order valence-corrected chi connectivity index (χ2v) is 5.26. The van der Waals surface area contributed by atoms with Gasteiger partial charge in [-0.25, -0.2) is 9.97 Å². The first-order chi connectivity index (χ1) is 11.6. The third kappa shape index (κ3) is 3.54. The molecule has 8 heteroatoms. The van der Waals surface area contributed by atoms with E-state index in [1.54, 1.807) is 6.92 Å². The van der Waals surface area contributed by atoms with Crippen molar-refractivity contribution in [2.24, 2.45) is 0 Å². The van der Waals surface area contributed by atoms with Crippen LogP contribution < -0.4 is 5.32 Å². The smallest absolute Gasteiger partial charge is 0.287 e. The van der Waals surface area contributed by atoms with Crippen molar-refractivity contribution in [1.82, 2.24) is 20.2 Å². The summed E-state index contributed by atoms with van der Waals surface area (Å²) < 4.78 is 0. The number of nitrogens with zero attached hydrogens (tertiary/aromatic N) is 4. The van der Waals surface area contributed by atoms with Gasteiger partial charge >= 0.3 is 0 Å². The quantitative estimate of drug-likeness (QED) is 0.533. The fourth-order valence-electron chi connectivity index (χ4n) is 2.27. The fraction of sp³-hybridized carbons (Fsp3) is 0.188. The van der Waals surface area contributed by atoms with Crippen molar-refractivity contribution in [1.29, 1.82) is 0 Å². The van der Waals surface area contributed by atoms with Crippen molar-refractivity contribution in [2.75, 3.05) is 11.9 Å². The molecule has 0 saturated heterocycles. The van der Waals surface area contributed by atoms with Crippen LogP contribution in [0.25, 0.3) is 11.4 Å². The number of benzene rings is 1. The maximum Gasteiger partial charge on any atom is 0.287 e. The monoisotopic (exact) mass is 324 g/mol. The lowest BCUT2D eigenvalue weighted by Gasteiger charge is -2.06. The zero-order chi connectivity index (χ0) is 16.9. The van der Waals surface area contributed by atoms with Crippen molar-refractivity contribution in [2.45, 2.75) is 13.3 Å². The first-order valence-corrected chi connectivity index (χ1v) is 7.45. The van der Waals surface area contributed by atoms with E-state index < -0.39 is 4.92 Å². The van der Waals surface area contributed by atoms with Crippen molar-refractivity contribution in [3.8, 4) is 11.4 Å². The van der Waals surface area contributed by atoms with Gasteiger partial charge < -0.3 is 5.32 Å². The van der Waals surface area contributed by atoms with E-state index >= 15 is 0 Å². The molecule has 0 fully saturated rings. The Morgan fingerprint density at radius 1 is 1.29 bits per heavy atom. The van der Waals surface area contributed by atoms with Gasteiger partial charge in [-0.15, -0.1) is 0 Å². The normalized spacial score (nSPS) is 10.5. The minimum atomic E-state index is -0.455. The van der Waals surface area contributed by atoms with Crippen LogP contribution in [-0.2, 0) is 6.42 Å². The van der Waals surface area contributed by atoms with Gasteiger partial charge in [0, 0.05) is 24.6 Å².